The normalized spacial score (nSPS) is 17.1. The summed E-state index contributed by atoms with van der Waals surface area (Å²) in [7, 11) is 0. The zero-order chi connectivity index (χ0) is 15.4. The number of thioether (sulfide) groups is 1. The van der Waals surface area contributed by atoms with E-state index in [1.807, 2.05) is 24.3 Å². The Hall–Kier alpha value is -2.27. The third-order valence-corrected chi connectivity index (χ3v) is 4.41. The number of aldehydes is 1. The number of benzene rings is 2. The smallest absolute Gasteiger partial charge is 0.279 e. The standard InChI is InChI=1S/C17H15NO3S/c19-11-13-3-7-15(8-4-13)21-14-5-1-12(2-6-14)9-16-10-18-17(20)22-16/h1-8,11,16H,9-10H2,(H,18,20). The van der Waals surface area contributed by atoms with E-state index < -0.39 is 0 Å². The number of carbonyl (C=O) groups excluding carboxylic acids is 2. The van der Waals surface area contributed by atoms with Crippen LogP contribution in [0.25, 0.3) is 0 Å². The number of hydrogen-bond donors (Lipinski definition) is 1. The van der Waals surface area contributed by atoms with Crippen LogP contribution in [0.15, 0.2) is 48.5 Å². The SMILES string of the molecule is O=Cc1ccc(Oc2ccc(CC3CNC(=O)S3)cc2)cc1. The predicted molar refractivity (Wildman–Crippen MR) is 86.8 cm³/mol. The van der Waals surface area contributed by atoms with Gasteiger partial charge in [-0.3, -0.25) is 9.59 Å². The molecule has 1 saturated heterocycles. The van der Waals surface area contributed by atoms with Crippen molar-refractivity contribution in [1.82, 2.24) is 5.32 Å². The molecule has 5 heteroatoms. The molecule has 3 rings (SSSR count). The van der Waals surface area contributed by atoms with Gasteiger partial charge in [0.1, 0.15) is 17.8 Å². The summed E-state index contributed by atoms with van der Waals surface area (Å²) >= 11 is 1.36. The summed E-state index contributed by atoms with van der Waals surface area (Å²) in [4.78, 5) is 21.8. The summed E-state index contributed by atoms with van der Waals surface area (Å²) in [6.07, 6.45) is 1.66. The molecule has 0 aromatic heterocycles. The quantitative estimate of drug-likeness (QED) is 0.856. The van der Waals surface area contributed by atoms with Crippen LogP contribution in [0.1, 0.15) is 15.9 Å². The van der Waals surface area contributed by atoms with E-state index in [2.05, 4.69) is 5.32 Å². The van der Waals surface area contributed by atoms with Crippen molar-refractivity contribution < 1.29 is 14.3 Å². The van der Waals surface area contributed by atoms with Crippen molar-refractivity contribution in [2.24, 2.45) is 0 Å². The number of amides is 1. The summed E-state index contributed by atoms with van der Waals surface area (Å²) in [6.45, 7) is 0.727. The van der Waals surface area contributed by atoms with Crippen LogP contribution in [0, 0.1) is 0 Å². The molecule has 1 heterocycles. The zero-order valence-corrected chi connectivity index (χ0v) is 12.6. The lowest BCUT2D eigenvalue weighted by molar-refractivity contribution is 0.112. The molecule has 0 bridgehead atoms. The molecule has 1 N–H and O–H groups in total. The van der Waals surface area contributed by atoms with E-state index >= 15 is 0 Å². The fraction of sp³-hybridized carbons (Fsp3) is 0.176. The Bertz CT molecular complexity index is 667. The highest BCUT2D eigenvalue weighted by molar-refractivity contribution is 8.14. The first-order chi connectivity index (χ1) is 10.7. The topological polar surface area (TPSA) is 55.4 Å². The Balaban J connectivity index is 1.60. The van der Waals surface area contributed by atoms with E-state index in [1.165, 1.54) is 17.3 Å². The predicted octanol–water partition coefficient (Wildman–Crippen LogP) is 3.66. The highest BCUT2D eigenvalue weighted by atomic mass is 32.2. The summed E-state index contributed by atoms with van der Waals surface area (Å²) in [5.74, 6) is 1.44. The van der Waals surface area contributed by atoms with Crippen LogP contribution in [0.4, 0.5) is 4.79 Å². The van der Waals surface area contributed by atoms with E-state index in [-0.39, 0.29) is 5.24 Å². The van der Waals surface area contributed by atoms with Crippen LogP contribution in [0.5, 0.6) is 11.5 Å². The monoisotopic (exact) mass is 313 g/mol. The van der Waals surface area contributed by atoms with Gasteiger partial charge in [0.15, 0.2) is 0 Å². The summed E-state index contributed by atoms with van der Waals surface area (Å²) in [5.41, 5.74) is 1.80. The van der Waals surface area contributed by atoms with Crippen molar-refractivity contribution in [1.29, 1.82) is 0 Å². The first-order valence-electron chi connectivity index (χ1n) is 6.99. The summed E-state index contributed by atoms with van der Waals surface area (Å²) in [6, 6.07) is 14.8. The van der Waals surface area contributed by atoms with Gasteiger partial charge >= 0.3 is 0 Å². The number of nitrogens with one attached hydrogen (secondary N) is 1. The molecular formula is C17H15NO3S. The second-order valence-corrected chi connectivity index (χ2v) is 6.32. The van der Waals surface area contributed by atoms with E-state index in [1.54, 1.807) is 24.3 Å². The third kappa shape index (κ3) is 3.68. The molecule has 2 aromatic rings. The van der Waals surface area contributed by atoms with Crippen molar-refractivity contribution in [3.8, 4) is 11.5 Å². The minimum Gasteiger partial charge on any atom is -0.457 e. The number of rotatable bonds is 5. The van der Waals surface area contributed by atoms with Gasteiger partial charge in [-0.05, 0) is 48.4 Å². The third-order valence-electron chi connectivity index (χ3n) is 3.39. The molecule has 0 saturated carbocycles. The Morgan fingerprint density at radius 2 is 1.73 bits per heavy atom. The van der Waals surface area contributed by atoms with Crippen molar-refractivity contribution in [2.45, 2.75) is 11.7 Å². The van der Waals surface area contributed by atoms with Crippen molar-refractivity contribution >= 4 is 23.3 Å². The van der Waals surface area contributed by atoms with Gasteiger partial charge in [0.2, 0.25) is 0 Å². The molecule has 0 aliphatic carbocycles. The lowest BCUT2D eigenvalue weighted by atomic mass is 10.1. The molecule has 112 valence electrons. The van der Waals surface area contributed by atoms with Crippen LogP contribution in [0.2, 0.25) is 0 Å². The Morgan fingerprint density at radius 3 is 2.27 bits per heavy atom. The maximum absolute atomic E-state index is 11.2. The molecule has 4 nitrogen and oxygen atoms in total. The van der Waals surface area contributed by atoms with Crippen LogP contribution in [-0.4, -0.2) is 23.3 Å². The van der Waals surface area contributed by atoms with Gasteiger partial charge < -0.3 is 10.1 Å². The van der Waals surface area contributed by atoms with Gasteiger partial charge in [0.05, 0.1) is 0 Å². The molecular weight excluding hydrogens is 298 g/mol. The Kier molecular flexibility index (Phi) is 4.44. The van der Waals surface area contributed by atoms with E-state index in [0.717, 1.165) is 25.0 Å². The molecule has 0 radical (unpaired) electrons. The van der Waals surface area contributed by atoms with Gasteiger partial charge in [0.25, 0.3) is 5.24 Å². The first-order valence-corrected chi connectivity index (χ1v) is 7.87. The molecule has 22 heavy (non-hydrogen) atoms. The number of ether oxygens (including phenoxy) is 1. The minimum absolute atomic E-state index is 0.0590. The van der Waals surface area contributed by atoms with Gasteiger partial charge in [0, 0.05) is 17.4 Å². The highest BCUT2D eigenvalue weighted by Crippen LogP contribution is 2.25. The fourth-order valence-electron chi connectivity index (χ4n) is 2.25. The second kappa shape index (κ2) is 6.66. The molecule has 2 aromatic carbocycles. The van der Waals surface area contributed by atoms with Crippen LogP contribution < -0.4 is 10.1 Å². The van der Waals surface area contributed by atoms with Gasteiger partial charge in [-0.15, -0.1) is 0 Å². The highest BCUT2D eigenvalue weighted by Gasteiger charge is 2.22. The maximum atomic E-state index is 11.2. The van der Waals surface area contributed by atoms with Gasteiger partial charge in [-0.1, -0.05) is 23.9 Å². The van der Waals surface area contributed by atoms with Gasteiger partial charge in [-0.25, -0.2) is 0 Å². The molecule has 1 atom stereocenters. The van der Waals surface area contributed by atoms with Crippen LogP contribution in [0.3, 0.4) is 0 Å². The lowest BCUT2D eigenvalue weighted by Crippen LogP contribution is -2.16. The maximum Gasteiger partial charge on any atom is 0.279 e. The van der Waals surface area contributed by atoms with Crippen molar-refractivity contribution in [2.75, 3.05) is 6.54 Å². The average Bonchev–Trinajstić information content (AvgIpc) is 2.95. The van der Waals surface area contributed by atoms with Crippen molar-refractivity contribution in [3.63, 3.8) is 0 Å². The summed E-state index contributed by atoms with van der Waals surface area (Å²) < 4.78 is 5.73. The molecule has 1 fully saturated rings. The number of hydrogen-bond acceptors (Lipinski definition) is 4. The largest absolute Gasteiger partial charge is 0.457 e. The Morgan fingerprint density at radius 1 is 1.09 bits per heavy atom. The minimum atomic E-state index is 0.0590. The second-order valence-electron chi connectivity index (χ2n) is 5.05. The average molecular weight is 313 g/mol. The zero-order valence-electron chi connectivity index (χ0n) is 11.8. The Labute approximate surface area is 132 Å². The van der Waals surface area contributed by atoms with Crippen molar-refractivity contribution in [3.05, 3.63) is 59.7 Å². The van der Waals surface area contributed by atoms with E-state index in [9.17, 15) is 9.59 Å². The van der Waals surface area contributed by atoms with E-state index in [0.29, 0.717) is 16.6 Å². The summed E-state index contributed by atoms with van der Waals surface area (Å²) in [5, 5.41) is 3.18. The van der Waals surface area contributed by atoms with Gasteiger partial charge in [-0.2, -0.15) is 0 Å². The molecule has 1 unspecified atom stereocenters. The van der Waals surface area contributed by atoms with Crippen LogP contribution >= 0.6 is 11.8 Å². The fourth-order valence-corrected chi connectivity index (χ4v) is 3.16. The molecule has 1 aliphatic heterocycles. The molecule has 1 aliphatic rings. The molecule has 1 amide bonds. The first kappa shape index (κ1) is 14.7. The van der Waals surface area contributed by atoms with E-state index in [4.69, 9.17) is 4.74 Å². The number of carbonyl (C=O) groups is 2. The van der Waals surface area contributed by atoms with Crippen LogP contribution in [-0.2, 0) is 6.42 Å². The lowest BCUT2D eigenvalue weighted by Gasteiger charge is -2.09. The molecule has 0 spiro atoms.